The predicted octanol–water partition coefficient (Wildman–Crippen LogP) is 4.89. The summed E-state index contributed by atoms with van der Waals surface area (Å²) in [4.78, 5) is 34.8. The molecule has 6 aromatic heterocycles. The summed E-state index contributed by atoms with van der Waals surface area (Å²) in [6, 6.07) is 13.4. The Kier molecular flexibility index (Phi) is 4.15. The number of Topliss-reactive ketones (excluding diaryl/α,β-unsaturated/α-hetero) is 1. The first-order chi connectivity index (χ1) is 15.7. The molecule has 0 saturated heterocycles. The maximum absolute atomic E-state index is 11.7. The van der Waals surface area contributed by atoms with Gasteiger partial charge in [0.05, 0.1) is 28.0 Å². The lowest BCUT2D eigenvalue weighted by molar-refractivity contribution is 0.102. The molecular weight excluding hydrogens is 422 g/mol. The minimum absolute atomic E-state index is 0.0505. The van der Waals surface area contributed by atoms with E-state index in [1.807, 2.05) is 42.5 Å². The Morgan fingerprint density at radius 3 is 2.75 bits per heavy atom. The smallest absolute Gasteiger partial charge is 0.169 e. The molecule has 0 aliphatic rings. The molecule has 6 aromatic rings. The average molecular weight is 437 g/mol. The second-order valence-corrected chi connectivity index (χ2v) is 8.35. The zero-order valence-corrected chi connectivity index (χ0v) is 17.6. The van der Waals surface area contributed by atoms with Crippen LogP contribution in [0.2, 0.25) is 0 Å². The summed E-state index contributed by atoms with van der Waals surface area (Å²) >= 11 is 1.45. The van der Waals surface area contributed by atoms with Crippen molar-refractivity contribution in [3.8, 4) is 33.3 Å². The topological polar surface area (TPSA) is 113 Å². The number of rotatable bonds is 4. The molecule has 9 heteroatoms. The summed E-state index contributed by atoms with van der Waals surface area (Å²) < 4.78 is 0. The highest BCUT2D eigenvalue weighted by molar-refractivity contribution is 7.17. The number of ketones is 1. The monoisotopic (exact) mass is 437 g/mol. The molecule has 0 bridgehead atoms. The summed E-state index contributed by atoms with van der Waals surface area (Å²) in [6.07, 6.45) is 5.22. The van der Waals surface area contributed by atoms with Gasteiger partial charge >= 0.3 is 0 Å². The van der Waals surface area contributed by atoms with Crippen molar-refractivity contribution < 1.29 is 4.79 Å². The number of nitrogens with zero attached hydrogens (tertiary/aromatic N) is 5. The van der Waals surface area contributed by atoms with E-state index >= 15 is 0 Å². The number of imidazole rings is 1. The fourth-order valence-electron chi connectivity index (χ4n) is 3.64. The molecule has 2 N–H and O–H groups in total. The van der Waals surface area contributed by atoms with Crippen LogP contribution in [0.15, 0.2) is 61.1 Å². The molecule has 0 amide bonds. The number of fused-ring (bicyclic) bond motifs is 2. The number of hydrogen-bond acceptors (Lipinski definition) is 7. The summed E-state index contributed by atoms with van der Waals surface area (Å²) in [7, 11) is 0. The average Bonchev–Trinajstić information content (AvgIpc) is 3.56. The van der Waals surface area contributed by atoms with Crippen molar-refractivity contribution >= 4 is 39.2 Å². The van der Waals surface area contributed by atoms with Gasteiger partial charge in [0.2, 0.25) is 0 Å². The molecule has 0 saturated carbocycles. The van der Waals surface area contributed by atoms with E-state index in [0.717, 1.165) is 38.2 Å². The molecule has 0 aliphatic heterocycles. The molecule has 0 radical (unpaired) electrons. The van der Waals surface area contributed by atoms with Crippen molar-refractivity contribution in [2.45, 2.75) is 6.92 Å². The lowest BCUT2D eigenvalue weighted by atomic mass is 10.1. The molecule has 0 unspecified atom stereocenters. The van der Waals surface area contributed by atoms with E-state index in [1.54, 1.807) is 25.5 Å². The molecule has 8 nitrogen and oxygen atoms in total. The fraction of sp³-hybridized carbons (Fsp3) is 0.0435. The van der Waals surface area contributed by atoms with Crippen LogP contribution in [0.5, 0.6) is 0 Å². The van der Waals surface area contributed by atoms with Crippen LogP contribution in [0, 0.1) is 0 Å². The van der Waals surface area contributed by atoms with Crippen molar-refractivity contribution in [2.75, 3.05) is 0 Å². The molecule has 0 fully saturated rings. The van der Waals surface area contributed by atoms with E-state index in [-0.39, 0.29) is 5.78 Å². The Balaban J connectivity index is 1.49. The second kappa shape index (κ2) is 7.17. The largest absolute Gasteiger partial charge is 0.321 e. The number of H-pyrrole nitrogens is 2. The Morgan fingerprint density at radius 2 is 1.94 bits per heavy atom. The second-order valence-electron chi connectivity index (χ2n) is 7.26. The van der Waals surface area contributed by atoms with Gasteiger partial charge in [-0.15, -0.1) is 11.3 Å². The highest BCUT2D eigenvalue weighted by Gasteiger charge is 2.18. The number of thiophene rings is 1. The van der Waals surface area contributed by atoms with Crippen LogP contribution in [0.25, 0.3) is 55.4 Å². The van der Waals surface area contributed by atoms with E-state index < -0.39 is 0 Å². The molecule has 6 rings (SSSR count). The van der Waals surface area contributed by atoms with Crippen LogP contribution >= 0.6 is 11.3 Å². The van der Waals surface area contributed by atoms with Gasteiger partial charge in [-0.1, -0.05) is 6.07 Å². The lowest BCUT2D eigenvalue weighted by Gasteiger charge is -2.00. The van der Waals surface area contributed by atoms with Crippen LogP contribution in [0.1, 0.15) is 16.6 Å². The van der Waals surface area contributed by atoms with Gasteiger partial charge in [0.15, 0.2) is 17.3 Å². The Labute approximate surface area is 185 Å². The number of carbonyl (C=O) groups is 1. The van der Waals surface area contributed by atoms with Crippen LogP contribution < -0.4 is 0 Å². The van der Waals surface area contributed by atoms with Gasteiger partial charge in [-0.05, 0) is 43.3 Å². The molecule has 0 atom stereocenters. The van der Waals surface area contributed by atoms with Crippen molar-refractivity contribution in [2.24, 2.45) is 0 Å². The first kappa shape index (κ1) is 18.5. The number of aromatic amines is 2. The summed E-state index contributed by atoms with van der Waals surface area (Å²) in [5.41, 5.74) is 5.34. The van der Waals surface area contributed by atoms with Crippen molar-refractivity contribution in [3.05, 3.63) is 65.9 Å². The maximum Gasteiger partial charge on any atom is 0.169 e. The van der Waals surface area contributed by atoms with Crippen LogP contribution in [0.4, 0.5) is 0 Å². The minimum Gasteiger partial charge on any atom is -0.321 e. The minimum atomic E-state index is 0.0505. The number of nitrogens with one attached hydrogen (secondary N) is 2. The van der Waals surface area contributed by atoms with Crippen molar-refractivity contribution in [1.29, 1.82) is 0 Å². The van der Waals surface area contributed by atoms with E-state index in [9.17, 15) is 4.79 Å². The van der Waals surface area contributed by atoms with Crippen LogP contribution in [-0.4, -0.2) is 40.9 Å². The third-order valence-corrected chi connectivity index (χ3v) is 6.42. The molecular formula is C23H15N7OS. The van der Waals surface area contributed by atoms with E-state index in [0.29, 0.717) is 22.0 Å². The van der Waals surface area contributed by atoms with Gasteiger partial charge in [-0.2, -0.15) is 5.10 Å². The predicted molar refractivity (Wildman–Crippen MR) is 123 cm³/mol. The van der Waals surface area contributed by atoms with E-state index in [1.165, 1.54) is 11.3 Å². The Morgan fingerprint density at radius 1 is 1.00 bits per heavy atom. The van der Waals surface area contributed by atoms with E-state index in [4.69, 9.17) is 4.98 Å². The van der Waals surface area contributed by atoms with Crippen molar-refractivity contribution in [3.63, 3.8) is 0 Å². The SMILES string of the molecule is CC(=O)c1ccc(-c2ccnc3[nH]c(-c4n[nH]c5cnc(-c6ccccn6)cc45)nc23)s1. The summed E-state index contributed by atoms with van der Waals surface area (Å²) in [5, 5.41) is 8.38. The standard InChI is InChI=1S/C23H15N7OS/c1-12(31)18-5-6-19(32-18)13-7-9-25-22-20(13)27-23(28-22)21-14-10-16(15-4-2-3-8-24-15)26-11-17(14)29-30-21/h2-11H,1H3,(H,29,30)(H,25,27,28). The van der Waals surface area contributed by atoms with Gasteiger partial charge in [-0.25, -0.2) is 9.97 Å². The Bertz CT molecular complexity index is 1610. The molecule has 0 aliphatic carbocycles. The first-order valence-corrected chi connectivity index (χ1v) is 10.7. The fourth-order valence-corrected chi connectivity index (χ4v) is 4.57. The number of hydrogen-bond donors (Lipinski definition) is 2. The maximum atomic E-state index is 11.7. The van der Waals surface area contributed by atoms with Crippen LogP contribution in [-0.2, 0) is 0 Å². The highest BCUT2D eigenvalue weighted by Crippen LogP contribution is 2.34. The molecule has 154 valence electrons. The highest BCUT2D eigenvalue weighted by atomic mass is 32.1. The summed E-state index contributed by atoms with van der Waals surface area (Å²) in [5.74, 6) is 0.655. The first-order valence-electron chi connectivity index (χ1n) is 9.89. The third kappa shape index (κ3) is 2.98. The molecule has 0 spiro atoms. The van der Waals surface area contributed by atoms with Gasteiger partial charge in [0.25, 0.3) is 0 Å². The zero-order valence-electron chi connectivity index (χ0n) is 16.8. The van der Waals surface area contributed by atoms with Gasteiger partial charge in [0.1, 0.15) is 11.2 Å². The van der Waals surface area contributed by atoms with Crippen molar-refractivity contribution in [1.82, 2.24) is 35.1 Å². The number of carbonyl (C=O) groups excluding carboxylic acids is 1. The normalized spacial score (nSPS) is 11.4. The zero-order chi connectivity index (χ0) is 21.7. The third-order valence-electron chi connectivity index (χ3n) is 5.20. The van der Waals surface area contributed by atoms with E-state index in [2.05, 4.69) is 30.1 Å². The molecule has 6 heterocycles. The number of pyridine rings is 3. The van der Waals surface area contributed by atoms with Crippen LogP contribution in [0.3, 0.4) is 0 Å². The lowest BCUT2D eigenvalue weighted by Crippen LogP contribution is -1.87. The van der Waals surface area contributed by atoms with Gasteiger partial charge < -0.3 is 4.98 Å². The molecule has 32 heavy (non-hydrogen) atoms. The number of aromatic nitrogens is 7. The quantitative estimate of drug-likeness (QED) is 0.380. The Hall–Kier alpha value is -4.24. The molecule has 0 aromatic carbocycles. The summed E-state index contributed by atoms with van der Waals surface area (Å²) in [6.45, 7) is 1.57. The van der Waals surface area contributed by atoms with Gasteiger partial charge in [-0.3, -0.25) is 19.9 Å². The van der Waals surface area contributed by atoms with Gasteiger partial charge in [0, 0.05) is 28.2 Å².